The summed E-state index contributed by atoms with van der Waals surface area (Å²) in [6.07, 6.45) is 0. The fourth-order valence-corrected chi connectivity index (χ4v) is 11.9. The zero-order chi connectivity index (χ0) is 17.3. The molecule has 0 fully saturated rings. The molecule has 0 rings (SSSR count). The third-order valence-corrected chi connectivity index (χ3v) is 12.0. The Morgan fingerprint density at radius 1 is 0.545 bits per heavy atom. The summed E-state index contributed by atoms with van der Waals surface area (Å²) in [6, 6.07) is 0. The summed E-state index contributed by atoms with van der Waals surface area (Å²) in [7, 11) is 13.2. The van der Waals surface area contributed by atoms with E-state index in [4.69, 9.17) is 0 Å². The summed E-state index contributed by atoms with van der Waals surface area (Å²) in [6.45, 7) is 11.1. The van der Waals surface area contributed by atoms with E-state index in [9.17, 15) is 0 Å². The predicted octanol–water partition coefficient (Wildman–Crippen LogP) is 3.07. The molecule has 0 aromatic rings. The van der Waals surface area contributed by atoms with Gasteiger partial charge in [0.25, 0.3) is 0 Å². The molecule has 0 saturated heterocycles. The van der Waals surface area contributed by atoms with Crippen molar-refractivity contribution in [2.45, 2.75) is 36.5 Å². The Balaban J connectivity index is 4.53. The van der Waals surface area contributed by atoms with Crippen LogP contribution >= 0.6 is 0 Å². The summed E-state index contributed by atoms with van der Waals surface area (Å²) < 4.78 is 0. The van der Waals surface area contributed by atoms with Gasteiger partial charge in [-0.15, -0.1) is 0 Å². The van der Waals surface area contributed by atoms with E-state index >= 15 is 0 Å². The van der Waals surface area contributed by atoms with Crippen LogP contribution < -0.4 is 0 Å². The summed E-state index contributed by atoms with van der Waals surface area (Å²) in [5.74, 6) is 2.59. The quantitative estimate of drug-likeness (QED) is 0.487. The van der Waals surface area contributed by atoms with E-state index in [1.807, 2.05) is 0 Å². The van der Waals surface area contributed by atoms with Gasteiger partial charge in [-0.25, -0.2) is 0 Å². The van der Waals surface area contributed by atoms with Crippen molar-refractivity contribution in [2.75, 3.05) is 61.9 Å². The summed E-state index contributed by atoms with van der Waals surface area (Å²) in [5, 5.41) is 4.61. The van der Waals surface area contributed by atoms with Gasteiger partial charge in [-0.3, -0.25) is 0 Å². The first-order chi connectivity index (χ1) is 10.1. The average Bonchev–Trinajstić information content (AvgIpc) is 2.23. The van der Waals surface area contributed by atoms with Gasteiger partial charge < -0.3 is 0 Å². The van der Waals surface area contributed by atoms with Crippen LogP contribution in [0.3, 0.4) is 0 Å². The second kappa shape index (κ2) is 11.9. The maximum atomic E-state index is 2.46. The second-order valence-corrected chi connectivity index (χ2v) is 14.2. The zero-order valence-corrected chi connectivity index (χ0v) is 18.9. The van der Waals surface area contributed by atoms with Crippen LogP contribution in [-0.4, -0.2) is 91.0 Å². The molecular formula is C18H42GeN3. The van der Waals surface area contributed by atoms with E-state index in [-0.39, 0.29) is 0 Å². The van der Waals surface area contributed by atoms with Gasteiger partial charge in [-0.05, 0) is 0 Å². The molecule has 3 unspecified atom stereocenters. The molecule has 0 amide bonds. The number of hydrogen-bond donors (Lipinski definition) is 0. The monoisotopic (exact) mass is 374 g/mol. The van der Waals surface area contributed by atoms with Crippen LogP contribution in [0.1, 0.15) is 20.8 Å². The van der Waals surface area contributed by atoms with Gasteiger partial charge in [-0.2, -0.15) is 0 Å². The molecule has 0 heterocycles. The number of rotatable bonds is 12. The summed E-state index contributed by atoms with van der Waals surface area (Å²) in [5.41, 5.74) is 0. The molecule has 133 valence electrons. The van der Waals surface area contributed by atoms with Crippen molar-refractivity contribution < 1.29 is 0 Å². The third-order valence-electron chi connectivity index (χ3n) is 3.94. The van der Waals surface area contributed by atoms with E-state index in [1.165, 1.54) is 35.4 Å². The molecule has 3 nitrogen and oxygen atoms in total. The van der Waals surface area contributed by atoms with Gasteiger partial charge in [0.1, 0.15) is 0 Å². The first-order valence-corrected chi connectivity index (χ1v) is 13.3. The van der Waals surface area contributed by atoms with E-state index in [0.29, 0.717) is 0 Å². The molecule has 0 saturated carbocycles. The SMILES string of the molecule is CC(CN(C)C)[CH2][Ge]([CH2]C(C)CN(C)C)[CH2]C(C)CN(C)C. The Morgan fingerprint density at radius 3 is 0.955 bits per heavy atom. The topological polar surface area (TPSA) is 9.72 Å². The van der Waals surface area contributed by atoms with E-state index in [0.717, 1.165) is 17.8 Å². The molecule has 4 heteroatoms. The van der Waals surface area contributed by atoms with Gasteiger partial charge in [0.15, 0.2) is 0 Å². The Hall–Kier alpha value is 0.423. The van der Waals surface area contributed by atoms with E-state index < -0.39 is 14.3 Å². The average molecular weight is 373 g/mol. The van der Waals surface area contributed by atoms with Gasteiger partial charge >= 0.3 is 145 Å². The van der Waals surface area contributed by atoms with Crippen LogP contribution in [-0.2, 0) is 0 Å². The van der Waals surface area contributed by atoms with Gasteiger partial charge in [0, 0.05) is 0 Å². The van der Waals surface area contributed by atoms with Crippen molar-refractivity contribution in [3.05, 3.63) is 0 Å². The standard InChI is InChI=1S/C18H42GeN3/c1-16(13-20(4)5)10-19(11-17(2)14-21(6)7)12-18(3)15-22(8)9/h16-18H,10-15H2,1-9H3. The van der Waals surface area contributed by atoms with Gasteiger partial charge in [-0.1, -0.05) is 0 Å². The predicted molar refractivity (Wildman–Crippen MR) is 103 cm³/mol. The van der Waals surface area contributed by atoms with Gasteiger partial charge in [0.05, 0.1) is 0 Å². The van der Waals surface area contributed by atoms with Gasteiger partial charge in [0.2, 0.25) is 0 Å². The number of nitrogens with zero attached hydrogens (tertiary/aromatic N) is 3. The minimum absolute atomic E-state index is 0.864. The molecule has 0 aromatic heterocycles. The molecule has 0 spiro atoms. The van der Waals surface area contributed by atoms with Crippen LogP contribution in [0, 0.1) is 17.8 Å². The Labute approximate surface area is 145 Å². The molecule has 0 aromatic carbocycles. The third kappa shape index (κ3) is 12.9. The second-order valence-electron chi connectivity index (χ2n) is 8.46. The van der Waals surface area contributed by atoms with Crippen molar-refractivity contribution in [3.63, 3.8) is 0 Å². The molecule has 3 atom stereocenters. The fraction of sp³-hybridized carbons (Fsp3) is 1.00. The van der Waals surface area contributed by atoms with Crippen LogP contribution in [0.15, 0.2) is 0 Å². The summed E-state index contributed by atoms with van der Waals surface area (Å²) in [4.78, 5) is 7.06. The van der Waals surface area contributed by atoms with Crippen molar-refractivity contribution in [1.29, 1.82) is 0 Å². The number of hydrogen-bond acceptors (Lipinski definition) is 3. The Kier molecular flexibility index (Phi) is 12.1. The normalized spacial score (nSPS) is 16.8. The van der Waals surface area contributed by atoms with Crippen molar-refractivity contribution in [3.8, 4) is 0 Å². The molecule has 0 N–H and O–H groups in total. The van der Waals surface area contributed by atoms with Crippen LogP contribution in [0.25, 0.3) is 0 Å². The van der Waals surface area contributed by atoms with Crippen molar-refractivity contribution in [2.24, 2.45) is 17.8 Å². The van der Waals surface area contributed by atoms with E-state index in [1.54, 1.807) is 0 Å². The van der Waals surface area contributed by atoms with Crippen LogP contribution in [0.2, 0.25) is 15.8 Å². The molecule has 0 aliphatic heterocycles. The van der Waals surface area contributed by atoms with Crippen molar-refractivity contribution >= 4 is 14.3 Å². The molecule has 0 aliphatic rings. The fourth-order valence-electron chi connectivity index (χ4n) is 3.79. The van der Waals surface area contributed by atoms with E-state index in [2.05, 4.69) is 77.8 Å². The maximum absolute atomic E-state index is 2.46. The Bertz CT molecular complexity index is 226. The molecule has 1 radical (unpaired) electrons. The van der Waals surface area contributed by atoms with Crippen LogP contribution in [0.4, 0.5) is 0 Å². The molecular weight excluding hydrogens is 331 g/mol. The summed E-state index contributed by atoms with van der Waals surface area (Å²) >= 11 is -0.969. The Morgan fingerprint density at radius 2 is 0.773 bits per heavy atom. The van der Waals surface area contributed by atoms with Crippen LogP contribution in [0.5, 0.6) is 0 Å². The first kappa shape index (κ1) is 22.4. The van der Waals surface area contributed by atoms with Crippen molar-refractivity contribution in [1.82, 2.24) is 14.7 Å². The molecule has 0 bridgehead atoms. The minimum atomic E-state index is -0.969. The molecule has 0 aliphatic carbocycles. The molecule has 22 heavy (non-hydrogen) atoms. The zero-order valence-electron chi connectivity index (χ0n) is 16.8. The first-order valence-electron chi connectivity index (χ1n) is 8.87.